The van der Waals surface area contributed by atoms with Gasteiger partial charge in [-0.2, -0.15) is 0 Å². The lowest BCUT2D eigenvalue weighted by molar-refractivity contribution is 0.461. The summed E-state index contributed by atoms with van der Waals surface area (Å²) in [6.45, 7) is 1.90. The number of phenols is 1. The van der Waals surface area contributed by atoms with Gasteiger partial charge >= 0.3 is 0 Å². The van der Waals surface area contributed by atoms with Crippen LogP contribution in [0.4, 0.5) is 0 Å². The maximum Gasteiger partial charge on any atom is 0.129 e. The zero-order chi connectivity index (χ0) is 9.14. The van der Waals surface area contributed by atoms with Gasteiger partial charge in [0.25, 0.3) is 0 Å². The molecule has 3 heteroatoms. The van der Waals surface area contributed by atoms with Gasteiger partial charge in [-0.15, -0.1) is 11.8 Å². The summed E-state index contributed by atoms with van der Waals surface area (Å²) in [5.41, 5.74) is 6.62. The minimum Gasteiger partial charge on any atom is -0.507 e. The van der Waals surface area contributed by atoms with Gasteiger partial charge in [-0.1, -0.05) is 6.07 Å². The Bertz CT molecular complexity index is 273. The van der Waals surface area contributed by atoms with Gasteiger partial charge in [-0.25, -0.2) is 0 Å². The Hall–Kier alpha value is -0.670. The second-order valence-electron chi connectivity index (χ2n) is 2.72. The average Bonchev–Trinajstić information content (AvgIpc) is 2.04. The highest BCUT2D eigenvalue weighted by Gasteiger charge is 2.03. The van der Waals surface area contributed by atoms with Gasteiger partial charge in [-0.3, -0.25) is 0 Å². The largest absolute Gasteiger partial charge is 0.507 e. The number of thioether (sulfide) groups is 1. The molecule has 0 bridgehead atoms. The lowest BCUT2D eigenvalue weighted by atomic mass is 10.1. The predicted octanol–water partition coefficient (Wildman–Crippen LogP) is 2.13. The number of aromatic hydroxyl groups is 1. The number of nitrogens with two attached hydrogens (primary N) is 1. The number of hydrogen-bond donors (Lipinski definition) is 2. The molecule has 1 aromatic carbocycles. The lowest BCUT2D eigenvalue weighted by Gasteiger charge is -2.07. The molecule has 1 atom stereocenters. The van der Waals surface area contributed by atoms with Crippen LogP contribution < -0.4 is 5.73 Å². The Morgan fingerprint density at radius 2 is 2.17 bits per heavy atom. The second kappa shape index (κ2) is 3.83. The van der Waals surface area contributed by atoms with Crippen LogP contribution in [0.2, 0.25) is 0 Å². The zero-order valence-electron chi connectivity index (χ0n) is 7.24. The van der Waals surface area contributed by atoms with Gasteiger partial charge in [0.15, 0.2) is 0 Å². The maximum atomic E-state index is 9.46. The first-order chi connectivity index (χ1) is 5.65. The van der Waals surface area contributed by atoms with Crippen molar-refractivity contribution in [2.24, 2.45) is 5.73 Å². The summed E-state index contributed by atoms with van der Waals surface area (Å²) in [6.07, 6.45) is 1.93. The molecule has 66 valence electrons. The fourth-order valence-electron chi connectivity index (χ4n) is 0.990. The summed E-state index contributed by atoms with van der Waals surface area (Å²) in [4.78, 5) is 0.888. The highest BCUT2D eigenvalue weighted by atomic mass is 32.2. The SMILES string of the molecule is CSc1ccc(C(C)N)cc1O. The summed E-state index contributed by atoms with van der Waals surface area (Å²) >= 11 is 1.53. The Morgan fingerprint density at radius 3 is 2.58 bits per heavy atom. The molecule has 0 saturated carbocycles. The van der Waals surface area contributed by atoms with Crippen molar-refractivity contribution in [1.82, 2.24) is 0 Å². The van der Waals surface area contributed by atoms with Crippen LogP contribution in [0.5, 0.6) is 5.75 Å². The van der Waals surface area contributed by atoms with Crippen LogP contribution in [0.25, 0.3) is 0 Å². The molecule has 0 spiro atoms. The first-order valence-corrected chi connectivity index (χ1v) is 5.00. The van der Waals surface area contributed by atoms with Gasteiger partial charge in [-0.05, 0) is 30.9 Å². The number of benzene rings is 1. The van der Waals surface area contributed by atoms with Crippen molar-refractivity contribution >= 4 is 11.8 Å². The normalized spacial score (nSPS) is 12.9. The first-order valence-electron chi connectivity index (χ1n) is 3.77. The van der Waals surface area contributed by atoms with E-state index in [2.05, 4.69) is 0 Å². The first kappa shape index (κ1) is 9.42. The van der Waals surface area contributed by atoms with Crippen LogP contribution in [0.1, 0.15) is 18.5 Å². The summed E-state index contributed by atoms with van der Waals surface area (Å²) in [5.74, 6) is 0.317. The van der Waals surface area contributed by atoms with E-state index in [4.69, 9.17) is 5.73 Å². The molecule has 0 saturated heterocycles. The molecule has 0 radical (unpaired) electrons. The van der Waals surface area contributed by atoms with Crippen molar-refractivity contribution in [3.63, 3.8) is 0 Å². The van der Waals surface area contributed by atoms with Crippen LogP contribution in [-0.2, 0) is 0 Å². The van der Waals surface area contributed by atoms with E-state index in [-0.39, 0.29) is 6.04 Å². The molecule has 0 aliphatic rings. The van der Waals surface area contributed by atoms with E-state index in [0.717, 1.165) is 10.5 Å². The second-order valence-corrected chi connectivity index (χ2v) is 3.57. The van der Waals surface area contributed by atoms with E-state index in [1.807, 2.05) is 25.3 Å². The smallest absolute Gasteiger partial charge is 0.129 e. The average molecular weight is 183 g/mol. The van der Waals surface area contributed by atoms with Crippen LogP contribution in [-0.4, -0.2) is 11.4 Å². The van der Waals surface area contributed by atoms with Crippen molar-refractivity contribution in [2.45, 2.75) is 17.9 Å². The molecule has 1 aromatic rings. The van der Waals surface area contributed by atoms with Crippen molar-refractivity contribution in [3.05, 3.63) is 23.8 Å². The van der Waals surface area contributed by atoms with Gasteiger partial charge in [0.1, 0.15) is 5.75 Å². The van der Waals surface area contributed by atoms with Gasteiger partial charge < -0.3 is 10.8 Å². The monoisotopic (exact) mass is 183 g/mol. The number of phenolic OH excluding ortho intramolecular Hbond substituents is 1. The van der Waals surface area contributed by atoms with Crippen molar-refractivity contribution in [2.75, 3.05) is 6.26 Å². The third-order valence-corrected chi connectivity index (χ3v) is 2.51. The lowest BCUT2D eigenvalue weighted by Crippen LogP contribution is -2.04. The molecule has 0 fully saturated rings. The van der Waals surface area contributed by atoms with E-state index < -0.39 is 0 Å². The molecule has 1 rings (SSSR count). The van der Waals surface area contributed by atoms with Crippen molar-refractivity contribution in [3.8, 4) is 5.75 Å². The molecule has 0 aromatic heterocycles. The van der Waals surface area contributed by atoms with E-state index in [9.17, 15) is 5.11 Å². The fraction of sp³-hybridized carbons (Fsp3) is 0.333. The minimum atomic E-state index is -0.0215. The van der Waals surface area contributed by atoms with E-state index in [0.29, 0.717) is 5.75 Å². The Balaban J connectivity index is 3.02. The predicted molar refractivity (Wildman–Crippen MR) is 52.5 cm³/mol. The molecule has 3 N–H and O–H groups in total. The Kier molecular flexibility index (Phi) is 3.00. The molecule has 2 nitrogen and oxygen atoms in total. The summed E-state index contributed by atoms with van der Waals surface area (Å²) in [6, 6.07) is 5.53. The molecule has 0 heterocycles. The van der Waals surface area contributed by atoms with E-state index >= 15 is 0 Å². The zero-order valence-corrected chi connectivity index (χ0v) is 8.06. The summed E-state index contributed by atoms with van der Waals surface area (Å²) < 4.78 is 0. The molecule has 0 aliphatic heterocycles. The topological polar surface area (TPSA) is 46.2 Å². The van der Waals surface area contributed by atoms with Gasteiger partial charge in [0, 0.05) is 10.9 Å². The standard InChI is InChI=1S/C9H13NOS/c1-6(10)7-3-4-9(12-2)8(11)5-7/h3-6,11H,10H2,1-2H3. The molecule has 0 aliphatic carbocycles. The van der Waals surface area contributed by atoms with Crippen molar-refractivity contribution < 1.29 is 5.11 Å². The molecule has 0 amide bonds. The highest BCUT2D eigenvalue weighted by Crippen LogP contribution is 2.28. The Morgan fingerprint density at radius 1 is 1.50 bits per heavy atom. The number of rotatable bonds is 2. The third kappa shape index (κ3) is 1.93. The molecular weight excluding hydrogens is 170 g/mol. The van der Waals surface area contributed by atoms with Gasteiger partial charge in [0.2, 0.25) is 0 Å². The summed E-state index contributed by atoms with van der Waals surface area (Å²) in [7, 11) is 0. The molecule has 1 unspecified atom stereocenters. The molecular formula is C9H13NOS. The van der Waals surface area contributed by atoms with E-state index in [1.54, 1.807) is 6.07 Å². The number of hydrogen-bond acceptors (Lipinski definition) is 3. The fourth-order valence-corrected chi connectivity index (χ4v) is 1.46. The van der Waals surface area contributed by atoms with Crippen LogP contribution >= 0.6 is 11.8 Å². The summed E-state index contributed by atoms with van der Waals surface area (Å²) in [5, 5.41) is 9.46. The maximum absolute atomic E-state index is 9.46. The molecule has 12 heavy (non-hydrogen) atoms. The third-order valence-electron chi connectivity index (χ3n) is 1.73. The quantitative estimate of drug-likeness (QED) is 0.690. The van der Waals surface area contributed by atoms with Crippen molar-refractivity contribution in [1.29, 1.82) is 0 Å². The minimum absolute atomic E-state index is 0.0215. The highest BCUT2D eigenvalue weighted by molar-refractivity contribution is 7.98. The Labute approximate surface area is 76.8 Å². The van der Waals surface area contributed by atoms with E-state index in [1.165, 1.54) is 11.8 Å². The van der Waals surface area contributed by atoms with Crippen LogP contribution in [0.15, 0.2) is 23.1 Å². The van der Waals surface area contributed by atoms with Gasteiger partial charge in [0.05, 0.1) is 0 Å². The van der Waals surface area contributed by atoms with Crippen LogP contribution in [0, 0.1) is 0 Å². The van der Waals surface area contributed by atoms with Crippen LogP contribution in [0.3, 0.4) is 0 Å².